The number of hydrogen-bond acceptors (Lipinski definition) is 6. The van der Waals surface area contributed by atoms with Gasteiger partial charge in [-0.3, -0.25) is 0 Å². The molecule has 0 saturated heterocycles. The number of benzene rings is 2. The number of hydrogen-bond donors (Lipinski definition) is 0. The van der Waals surface area contributed by atoms with Gasteiger partial charge < -0.3 is 13.8 Å². The van der Waals surface area contributed by atoms with E-state index in [1.54, 1.807) is 11.8 Å². The highest BCUT2D eigenvalue weighted by Crippen LogP contribution is 2.29. The molecule has 6 nitrogen and oxygen atoms in total. The Kier molecular flexibility index (Phi) is 5.43. The lowest BCUT2D eigenvalue weighted by Crippen LogP contribution is -2.02. The first kappa shape index (κ1) is 18.3. The summed E-state index contributed by atoms with van der Waals surface area (Å²) in [4.78, 5) is 9.31. The van der Waals surface area contributed by atoms with Crippen LogP contribution in [-0.4, -0.2) is 32.1 Å². The third kappa shape index (κ3) is 3.66. The van der Waals surface area contributed by atoms with Crippen molar-refractivity contribution in [1.29, 1.82) is 0 Å². The number of ether oxygens (including phenoxy) is 1. The molecule has 2 aromatic carbocycles. The highest BCUT2D eigenvalue weighted by molar-refractivity contribution is 7.99. The molecule has 2 heterocycles. The molecule has 0 aliphatic rings. The topological polar surface area (TPSA) is 66.0 Å². The summed E-state index contributed by atoms with van der Waals surface area (Å²) in [6.45, 7) is 6.77. The highest BCUT2D eigenvalue weighted by Gasteiger charge is 2.17. The molecule has 4 aromatic rings. The van der Waals surface area contributed by atoms with Crippen molar-refractivity contribution < 1.29 is 9.26 Å². The van der Waals surface area contributed by atoms with Gasteiger partial charge in [0.1, 0.15) is 12.3 Å². The first-order chi connectivity index (χ1) is 13.8. The number of para-hydroxylation sites is 3. The van der Waals surface area contributed by atoms with E-state index in [-0.39, 0.29) is 0 Å². The average molecular weight is 392 g/mol. The van der Waals surface area contributed by atoms with Gasteiger partial charge in [0, 0.05) is 5.75 Å². The van der Waals surface area contributed by atoms with E-state index >= 15 is 0 Å². The molecule has 0 fully saturated rings. The van der Waals surface area contributed by atoms with Gasteiger partial charge in [0.15, 0.2) is 5.16 Å². The number of rotatable bonds is 8. The Labute approximate surface area is 167 Å². The van der Waals surface area contributed by atoms with Gasteiger partial charge in [-0.05, 0) is 31.2 Å². The molecule has 0 saturated carbocycles. The Morgan fingerprint density at radius 3 is 2.82 bits per heavy atom. The molecule has 28 heavy (non-hydrogen) atoms. The number of thioether (sulfide) groups is 1. The Bertz CT molecular complexity index is 1100. The second kappa shape index (κ2) is 8.31. The molecule has 0 unspecified atom stereocenters. The Hall–Kier alpha value is -3.06. The SMILES string of the molecule is C=CCSc1nc2ccccc2n1Cc1nc(-c2ccccc2OCC)no1. The van der Waals surface area contributed by atoms with Crippen LogP contribution in [0, 0.1) is 0 Å². The van der Waals surface area contributed by atoms with Crippen molar-refractivity contribution >= 4 is 22.8 Å². The van der Waals surface area contributed by atoms with Gasteiger partial charge >= 0.3 is 0 Å². The second-order valence-corrected chi connectivity index (χ2v) is 7.00. The lowest BCUT2D eigenvalue weighted by molar-refractivity contribution is 0.340. The summed E-state index contributed by atoms with van der Waals surface area (Å²) in [5.41, 5.74) is 2.79. The minimum absolute atomic E-state index is 0.448. The Morgan fingerprint density at radius 1 is 1.14 bits per heavy atom. The minimum atomic E-state index is 0.448. The summed E-state index contributed by atoms with van der Waals surface area (Å²) in [7, 11) is 0. The summed E-state index contributed by atoms with van der Waals surface area (Å²) >= 11 is 1.63. The van der Waals surface area contributed by atoms with E-state index in [0.29, 0.717) is 24.9 Å². The maximum absolute atomic E-state index is 5.68. The second-order valence-electron chi connectivity index (χ2n) is 6.01. The van der Waals surface area contributed by atoms with Crippen molar-refractivity contribution in [2.45, 2.75) is 18.6 Å². The molecule has 7 heteroatoms. The third-order valence-electron chi connectivity index (χ3n) is 4.14. The zero-order valence-electron chi connectivity index (χ0n) is 15.5. The van der Waals surface area contributed by atoms with Gasteiger partial charge in [-0.2, -0.15) is 4.98 Å². The van der Waals surface area contributed by atoms with Crippen LogP contribution in [-0.2, 0) is 6.54 Å². The summed E-state index contributed by atoms with van der Waals surface area (Å²) in [5, 5.41) is 5.06. The molecule has 0 radical (unpaired) electrons. The monoisotopic (exact) mass is 392 g/mol. The molecule has 2 aromatic heterocycles. The van der Waals surface area contributed by atoms with E-state index in [0.717, 1.165) is 33.3 Å². The van der Waals surface area contributed by atoms with E-state index in [1.165, 1.54) is 0 Å². The maximum Gasteiger partial charge on any atom is 0.246 e. The first-order valence-electron chi connectivity index (χ1n) is 9.04. The quantitative estimate of drug-likeness (QED) is 0.317. The highest BCUT2D eigenvalue weighted by atomic mass is 32.2. The van der Waals surface area contributed by atoms with Crippen molar-refractivity contribution in [3.8, 4) is 17.1 Å². The van der Waals surface area contributed by atoms with Gasteiger partial charge in [-0.25, -0.2) is 4.98 Å². The van der Waals surface area contributed by atoms with Gasteiger partial charge in [-0.1, -0.05) is 47.3 Å². The van der Waals surface area contributed by atoms with Crippen molar-refractivity contribution in [2.75, 3.05) is 12.4 Å². The summed E-state index contributed by atoms with van der Waals surface area (Å²) in [5.74, 6) is 2.56. The molecule has 4 rings (SSSR count). The third-order valence-corrected chi connectivity index (χ3v) is 5.11. The standard InChI is InChI=1S/C21H20N4O2S/c1-3-13-28-21-22-16-10-6-7-11-17(16)25(21)14-19-23-20(24-27-19)15-9-5-8-12-18(15)26-4-2/h3,5-12H,1,4,13-14H2,2H3. The number of imidazole rings is 1. The van der Waals surface area contributed by atoms with Crippen molar-refractivity contribution in [3.05, 3.63) is 67.1 Å². The molecule has 0 N–H and O–H groups in total. The smallest absolute Gasteiger partial charge is 0.246 e. The maximum atomic E-state index is 5.68. The van der Waals surface area contributed by atoms with Gasteiger partial charge in [-0.15, -0.1) is 6.58 Å². The zero-order chi connectivity index (χ0) is 19.3. The van der Waals surface area contributed by atoms with Crippen LogP contribution < -0.4 is 4.74 Å². The number of aromatic nitrogens is 4. The molecular formula is C21H20N4O2S. The molecule has 0 aliphatic carbocycles. The molecule has 0 amide bonds. The first-order valence-corrected chi connectivity index (χ1v) is 10.0. The van der Waals surface area contributed by atoms with Crippen LogP contribution in [0.4, 0.5) is 0 Å². The lowest BCUT2D eigenvalue weighted by atomic mass is 10.2. The van der Waals surface area contributed by atoms with Crippen LogP contribution in [0.15, 0.2) is 70.9 Å². The Morgan fingerprint density at radius 2 is 1.96 bits per heavy atom. The van der Waals surface area contributed by atoms with Gasteiger partial charge in [0.25, 0.3) is 0 Å². The predicted molar refractivity (Wildman–Crippen MR) is 111 cm³/mol. The molecule has 0 atom stereocenters. The number of fused-ring (bicyclic) bond motifs is 1. The van der Waals surface area contributed by atoms with Crippen molar-refractivity contribution in [2.24, 2.45) is 0 Å². The van der Waals surface area contributed by atoms with Gasteiger partial charge in [0.2, 0.25) is 11.7 Å². The fourth-order valence-corrected chi connectivity index (χ4v) is 3.69. The fraction of sp³-hybridized carbons (Fsp3) is 0.190. The van der Waals surface area contributed by atoms with Crippen LogP contribution >= 0.6 is 11.8 Å². The van der Waals surface area contributed by atoms with E-state index in [2.05, 4.69) is 21.3 Å². The largest absolute Gasteiger partial charge is 0.493 e. The Balaban J connectivity index is 1.67. The van der Waals surface area contributed by atoms with E-state index in [9.17, 15) is 0 Å². The fourth-order valence-electron chi connectivity index (χ4n) is 2.95. The lowest BCUT2D eigenvalue weighted by Gasteiger charge is -2.06. The van der Waals surface area contributed by atoms with Crippen molar-refractivity contribution in [3.63, 3.8) is 0 Å². The van der Waals surface area contributed by atoms with Crippen LogP contribution in [0.5, 0.6) is 5.75 Å². The van der Waals surface area contributed by atoms with Crippen LogP contribution in [0.3, 0.4) is 0 Å². The predicted octanol–water partition coefficient (Wildman–Crippen LogP) is 4.81. The molecule has 0 aliphatic heterocycles. The zero-order valence-corrected chi connectivity index (χ0v) is 16.4. The molecule has 0 bridgehead atoms. The van der Waals surface area contributed by atoms with E-state index in [4.69, 9.17) is 14.2 Å². The molecule has 142 valence electrons. The van der Waals surface area contributed by atoms with Crippen LogP contribution in [0.25, 0.3) is 22.4 Å². The average Bonchev–Trinajstić information content (AvgIpc) is 3.32. The van der Waals surface area contributed by atoms with Crippen molar-refractivity contribution in [1.82, 2.24) is 19.7 Å². The van der Waals surface area contributed by atoms with Crippen LogP contribution in [0.2, 0.25) is 0 Å². The summed E-state index contributed by atoms with van der Waals surface area (Å²) in [6, 6.07) is 15.7. The summed E-state index contributed by atoms with van der Waals surface area (Å²) < 4.78 is 13.3. The number of nitrogens with zero attached hydrogens (tertiary/aromatic N) is 4. The van der Waals surface area contributed by atoms with E-state index < -0.39 is 0 Å². The van der Waals surface area contributed by atoms with Crippen LogP contribution in [0.1, 0.15) is 12.8 Å². The molecular weight excluding hydrogens is 372 g/mol. The minimum Gasteiger partial charge on any atom is -0.493 e. The van der Waals surface area contributed by atoms with E-state index in [1.807, 2.05) is 61.5 Å². The molecule has 0 spiro atoms. The normalized spacial score (nSPS) is 11.0. The van der Waals surface area contributed by atoms with Gasteiger partial charge in [0.05, 0.1) is 23.2 Å². The summed E-state index contributed by atoms with van der Waals surface area (Å²) in [6.07, 6.45) is 1.86.